The van der Waals surface area contributed by atoms with Gasteiger partial charge in [-0.2, -0.15) is 0 Å². The maximum atomic E-state index is 11.2. The molecule has 11 heavy (non-hydrogen) atoms. The van der Waals surface area contributed by atoms with Gasteiger partial charge in [0.1, 0.15) is 5.78 Å². The van der Waals surface area contributed by atoms with Crippen LogP contribution in [0.5, 0.6) is 0 Å². The Morgan fingerprint density at radius 1 is 1.45 bits per heavy atom. The highest BCUT2D eigenvalue weighted by Gasteiger charge is 2.36. The lowest BCUT2D eigenvalue weighted by Crippen LogP contribution is -2.37. The van der Waals surface area contributed by atoms with Gasteiger partial charge in [0, 0.05) is 6.04 Å². The Morgan fingerprint density at radius 2 is 2.00 bits per heavy atom. The van der Waals surface area contributed by atoms with E-state index in [9.17, 15) is 4.79 Å². The van der Waals surface area contributed by atoms with Crippen LogP contribution in [0, 0.1) is 5.92 Å². The lowest BCUT2D eigenvalue weighted by molar-refractivity contribution is -0.122. The van der Waals surface area contributed by atoms with Crippen molar-refractivity contribution >= 4 is 5.78 Å². The Hall–Kier alpha value is -0.370. The second kappa shape index (κ2) is 2.94. The summed E-state index contributed by atoms with van der Waals surface area (Å²) in [5.41, 5.74) is 0. The predicted molar refractivity (Wildman–Crippen MR) is 45.5 cm³/mol. The van der Waals surface area contributed by atoms with Gasteiger partial charge in [0.05, 0.1) is 6.04 Å². The van der Waals surface area contributed by atoms with E-state index in [2.05, 4.69) is 18.7 Å². The van der Waals surface area contributed by atoms with E-state index in [1.807, 2.05) is 7.05 Å². The summed E-state index contributed by atoms with van der Waals surface area (Å²) in [6, 6.07) is 0.740. The van der Waals surface area contributed by atoms with Gasteiger partial charge in [-0.05, 0) is 33.2 Å². The summed E-state index contributed by atoms with van der Waals surface area (Å²) >= 11 is 0. The number of carbonyl (C=O) groups is 1. The van der Waals surface area contributed by atoms with Gasteiger partial charge in [-0.1, -0.05) is 6.92 Å². The normalized spacial score (nSPS) is 39.5. The topological polar surface area (TPSA) is 20.3 Å². The third-order valence-corrected chi connectivity index (χ3v) is 2.80. The molecule has 0 aromatic heterocycles. The first-order valence-corrected chi connectivity index (χ1v) is 4.26. The third-order valence-electron chi connectivity index (χ3n) is 2.80. The average Bonchev–Trinajstić information content (AvgIpc) is 2.07. The first-order chi connectivity index (χ1) is 5.04. The third kappa shape index (κ3) is 1.45. The molecule has 1 rings (SSSR count). The minimum Gasteiger partial charge on any atom is -0.298 e. The van der Waals surface area contributed by atoms with Crippen LogP contribution in [0.25, 0.3) is 0 Å². The van der Waals surface area contributed by atoms with E-state index in [1.54, 1.807) is 6.92 Å². The van der Waals surface area contributed by atoms with Crippen molar-refractivity contribution in [3.05, 3.63) is 0 Å². The molecule has 0 aromatic rings. The van der Waals surface area contributed by atoms with Crippen molar-refractivity contribution in [1.29, 1.82) is 0 Å². The molecule has 1 aliphatic heterocycles. The van der Waals surface area contributed by atoms with Gasteiger partial charge in [0.2, 0.25) is 0 Å². The van der Waals surface area contributed by atoms with Gasteiger partial charge < -0.3 is 0 Å². The van der Waals surface area contributed by atoms with E-state index in [0.717, 1.165) is 6.42 Å². The quantitative estimate of drug-likeness (QED) is 0.569. The Kier molecular flexibility index (Phi) is 2.33. The molecule has 2 nitrogen and oxygen atoms in total. The predicted octanol–water partition coefficient (Wildman–Crippen LogP) is 1.30. The maximum absolute atomic E-state index is 11.2. The number of hydrogen-bond donors (Lipinski definition) is 0. The zero-order chi connectivity index (χ0) is 8.59. The van der Waals surface area contributed by atoms with E-state index in [1.165, 1.54) is 0 Å². The van der Waals surface area contributed by atoms with Crippen LogP contribution in [0.1, 0.15) is 27.2 Å². The lowest BCUT2D eigenvalue weighted by Gasteiger charge is -2.22. The average molecular weight is 155 g/mol. The summed E-state index contributed by atoms with van der Waals surface area (Å²) < 4.78 is 0. The minimum absolute atomic E-state index is 0.171. The van der Waals surface area contributed by atoms with Gasteiger partial charge >= 0.3 is 0 Å². The first-order valence-electron chi connectivity index (χ1n) is 4.26. The molecule has 1 saturated heterocycles. The molecule has 0 radical (unpaired) electrons. The Bertz CT molecular complexity index is 167. The van der Waals surface area contributed by atoms with Crippen molar-refractivity contribution in [3.63, 3.8) is 0 Å². The first kappa shape index (κ1) is 8.72. The zero-order valence-electron chi connectivity index (χ0n) is 7.79. The molecule has 0 spiro atoms. The molecule has 0 bridgehead atoms. The highest BCUT2D eigenvalue weighted by atomic mass is 16.1. The van der Waals surface area contributed by atoms with Crippen molar-refractivity contribution in [3.8, 4) is 0 Å². The van der Waals surface area contributed by atoms with Crippen LogP contribution >= 0.6 is 0 Å². The van der Waals surface area contributed by atoms with Crippen molar-refractivity contribution in [2.45, 2.75) is 39.3 Å². The Labute approximate surface area is 68.6 Å². The summed E-state index contributed by atoms with van der Waals surface area (Å²) in [7, 11) is 2.04. The largest absolute Gasteiger partial charge is 0.298 e. The number of carbonyl (C=O) groups excluding carboxylic acids is 1. The number of likely N-dealkylation sites (tertiary alicyclic amines) is 1. The number of ketones is 1. The van der Waals surface area contributed by atoms with Crippen molar-refractivity contribution < 1.29 is 4.79 Å². The van der Waals surface area contributed by atoms with Crippen LogP contribution in [0.4, 0.5) is 0 Å². The second-order valence-electron chi connectivity index (χ2n) is 3.78. The standard InChI is InChI=1S/C9H17NO/c1-6-5-7(2)10(4)9(6)8(3)11/h6-7,9H,5H2,1-4H3. The highest BCUT2D eigenvalue weighted by Crippen LogP contribution is 2.27. The van der Waals surface area contributed by atoms with Gasteiger partial charge in [-0.15, -0.1) is 0 Å². The van der Waals surface area contributed by atoms with E-state index in [0.29, 0.717) is 17.7 Å². The van der Waals surface area contributed by atoms with Crippen LogP contribution in [0.2, 0.25) is 0 Å². The van der Waals surface area contributed by atoms with Crippen molar-refractivity contribution in [2.24, 2.45) is 5.92 Å². The van der Waals surface area contributed by atoms with Crippen LogP contribution in [-0.4, -0.2) is 29.8 Å². The van der Waals surface area contributed by atoms with Crippen LogP contribution < -0.4 is 0 Å². The number of rotatable bonds is 1. The van der Waals surface area contributed by atoms with E-state index >= 15 is 0 Å². The summed E-state index contributed by atoms with van der Waals surface area (Å²) in [6.07, 6.45) is 1.15. The molecule has 1 heterocycles. The summed E-state index contributed by atoms with van der Waals surface area (Å²) in [6.45, 7) is 6.03. The van der Waals surface area contributed by atoms with Gasteiger partial charge in [-0.25, -0.2) is 0 Å². The molecule has 3 unspecified atom stereocenters. The van der Waals surface area contributed by atoms with Gasteiger partial charge in [-0.3, -0.25) is 9.69 Å². The Balaban J connectivity index is 2.71. The molecule has 0 aliphatic carbocycles. The highest BCUT2D eigenvalue weighted by molar-refractivity contribution is 5.82. The smallest absolute Gasteiger partial charge is 0.147 e. The molecule has 1 aliphatic rings. The molecule has 0 saturated carbocycles. The fraction of sp³-hybridized carbons (Fsp3) is 0.889. The molecule has 64 valence electrons. The number of Topliss-reactive ketones (excluding diaryl/α,β-unsaturated/α-hetero) is 1. The van der Waals surface area contributed by atoms with E-state index < -0.39 is 0 Å². The second-order valence-corrected chi connectivity index (χ2v) is 3.78. The van der Waals surface area contributed by atoms with E-state index in [4.69, 9.17) is 0 Å². The summed E-state index contributed by atoms with van der Waals surface area (Å²) in [4.78, 5) is 13.4. The van der Waals surface area contributed by atoms with E-state index in [-0.39, 0.29) is 6.04 Å². The zero-order valence-corrected chi connectivity index (χ0v) is 7.79. The monoisotopic (exact) mass is 155 g/mol. The van der Waals surface area contributed by atoms with Crippen molar-refractivity contribution in [1.82, 2.24) is 4.90 Å². The number of nitrogens with zero attached hydrogens (tertiary/aromatic N) is 1. The summed E-state index contributed by atoms with van der Waals surface area (Å²) in [5.74, 6) is 0.844. The summed E-state index contributed by atoms with van der Waals surface area (Å²) in [5, 5.41) is 0. The molecule has 0 N–H and O–H groups in total. The fourth-order valence-corrected chi connectivity index (χ4v) is 2.20. The molecule has 0 amide bonds. The number of hydrogen-bond acceptors (Lipinski definition) is 2. The Morgan fingerprint density at radius 3 is 2.18 bits per heavy atom. The lowest BCUT2D eigenvalue weighted by atomic mass is 9.99. The fourth-order valence-electron chi connectivity index (χ4n) is 2.20. The van der Waals surface area contributed by atoms with Crippen molar-refractivity contribution in [2.75, 3.05) is 7.05 Å². The molecular weight excluding hydrogens is 138 g/mol. The van der Waals surface area contributed by atoms with Crippen LogP contribution in [-0.2, 0) is 4.79 Å². The molecule has 0 aromatic carbocycles. The SMILES string of the molecule is CC(=O)C1C(C)CC(C)N1C. The number of likely N-dealkylation sites (N-methyl/N-ethyl adjacent to an activating group) is 1. The molecule has 2 heteroatoms. The molecule has 1 fully saturated rings. The van der Waals surface area contributed by atoms with Gasteiger partial charge in [0.15, 0.2) is 0 Å². The maximum Gasteiger partial charge on any atom is 0.147 e. The van der Waals surface area contributed by atoms with Crippen LogP contribution in [0.15, 0.2) is 0 Å². The van der Waals surface area contributed by atoms with Gasteiger partial charge in [0.25, 0.3) is 0 Å². The minimum atomic E-state index is 0.171. The molecule has 3 atom stereocenters. The van der Waals surface area contributed by atoms with Crippen LogP contribution in [0.3, 0.4) is 0 Å². The molecular formula is C9H17NO.